The lowest BCUT2D eigenvalue weighted by Gasteiger charge is -2.47. The Labute approximate surface area is 400 Å². The standard InChI is InChI=1S/C63H67BN2/c1-39-30-56-58-57(31-39)66(53-36-48-46(32-40(53)2)60(6,7)28-29-61(48,8)9)54-33-43(41-20-16-14-17-21-41)24-26-50(54)64(58)51-35-47-49(63(12,13)38-62(47,10)11)37-55(51)65(56)52-27-25-44(59(3,4)5)34-45(52)42-22-18-15-19-23-42/h14-27,30-37H,28-29,38H2,1-13H3/i1D3. The van der Waals surface area contributed by atoms with Gasteiger partial charge in [0.15, 0.2) is 0 Å². The summed E-state index contributed by atoms with van der Waals surface area (Å²) < 4.78 is 27.7. The first-order valence-electron chi connectivity index (χ1n) is 25.9. The van der Waals surface area contributed by atoms with Crippen LogP contribution < -0.4 is 26.2 Å². The zero-order chi connectivity index (χ0) is 49.0. The zero-order valence-electron chi connectivity index (χ0n) is 44.3. The van der Waals surface area contributed by atoms with Gasteiger partial charge >= 0.3 is 0 Å². The second-order valence-electron chi connectivity index (χ2n) is 23.9. The maximum absolute atomic E-state index is 9.24. The van der Waals surface area contributed by atoms with Gasteiger partial charge in [-0.2, -0.15) is 0 Å². The van der Waals surface area contributed by atoms with Crippen molar-refractivity contribution < 1.29 is 4.11 Å². The predicted molar refractivity (Wildman–Crippen MR) is 285 cm³/mol. The van der Waals surface area contributed by atoms with Crippen LogP contribution in [-0.4, -0.2) is 6.71 Å². The molecule has 0 N–H and O–H groups in total. The highest BCUT2D eigenvalue weighted by Gasteiger charge is 2.49. The van der Waals surface area contributed by atoms with Crippen LogP contribution in [0.2, 0.25) is 0 Å². The molecule has 0 saturated heterocycles. The molecule has 2 aliphatic heterocycles. The van der Waals surface area contributed by atoms with Crippen molar-refractivity contribution in [2.24, 2.45) is 0 Å². The Morgan fingerprint density at radius 2 is 1.03 bits per heavy atom. The molecule has 0 unspecified atom stereocenters. The van der Waals surface area contributed by atoms with E-state index in [9.17, 15) is 4.11 Å². The highest BCUT2D eigenvalue weighted by molar-refractivity contribution is 7.00. The Morgan fingerprint density at radius 3 is 1.65 bits per heavy atom. The van der Waals surface area contributed by atoms with Crippen LogP contribution in [0.15, 0.2) is 133 Å². The van der Waals surface area contributed by atoms with E-state index in [1.54, 1.807) is 0 Å². The SMILES string of the molecule is [2H]C([2H])([2H])c1cc2c3c(c1)N(c1ccc(C(C)(C)C)cc1-c1ccccc1)c1cc4c(cc1B3c1ccc(-c3ccccc3)cc1N2c1cc2c(cc1C)C(C)(C)CCC2(C)C)C(C)(C)CC4(C)C. The number of benzene rings is 7. The van der Waals surface area contributed by atoms with E-state index in [0.717, 1.165) is 81.1 Å². The Kier molecular flexibility index (Phi) is 8.57. The largest absolute Gasteiger partial charge is 0.311 e. The molecular weight excluding hydrogens is 796 g/mol. The highest BCUT2D eigenvalue weighted by atomic mass is 15.2. The van der Waals surface area contributed by atoms with Crippen LogP contribution in [0.4, 0.5) is 34.1 Å². The third-order valence-electron chi connectivity index (χ3n) is 16.3. The van der Waals surface area contributed by atoms with Gasteiger partial charge in [-0.25, -0.2) is 0 Å². The zero-order valence-corrected chi connectivity index (χ0v) is 41.3. The fourth-order valence-electron chi connectivity index (χ4n) is 12.8. The Balaban J connectivity index is 1.30. The minimum Gasteiger partial charge on any atom is -0.311 e. The van der Waals surface area contributed by atoms with Crippen molar-refractivity contribution in [2.45, 2.75) is 136 Å². The Morgan fingerprint density at radius 1 is 0.485 bits per heavy atom. The van der Waals surface area contributed by atoms with Crippen molar-refractivity contribution in [3.05, 3.63) is 172 Å². The van der Waals surface area contributed by atoms with Crippen molar-refractivity contribution in [2.75, 3.05) is 9.80 Å². The van der Waals surface area contributed by atoms with Crippen LogP contribution in [0.5, 0.6) is 0 Å². The number of hydrogen-bond acceptors (Lipinski definition) is 2. The summed E-state index contributed by atoms with van der Waals surface area (Å²) in [5.41, 5.74) is 22.5. The van der Waals surface area contributed by atoms with Crippen molar-refractivity contribution in [1.82, 2.24) is 0 Å². The van der Waals surface area contributed by atoms with E-state index < -0.39 is 6.85 Å². The second kappa shape index (κ2) is 14.4. The van der Waals surface area contributed by atoms with Crippen LogP contribution in [-0.2, 0) is 27.1 Å². The van der Waals surface area contributed by atoms with Crippen molar-refractivity contribution in [3.63, 3.8) is 0 Å². The van der Waals surface area contributed by atoms with E-state index in [2.05, 4.69) is 214 Å². The van der Waals surface area contributed by atoms with Gasteiger partial charge in [-0.15, -0.1) is 0 Å². The second-order valence-corrected chi connectivity index (χ2v) is 23.9. The molecule has 0 aromatic heterocycles. The normalized spacial score (nSPS) is 18.8. The van der Waals surface area contributed by atoms with Crippen LogP contribution in [0.25, 0.3) is 22.3 Å². The summed E-state index contributed by atoms with van der Waals surface area (Å²) in [7, 11) is 0. The number of nitrogens with zero attached hydrogens (tertiary/aromatic N) is 2. The van der Waals surface area contributed by atoms with Gasteiger partial charge in [0.1, 0.15) is 0 Å². The summed E-state index contributed by atoms with van der Waals surface area (Å²) >= 11 is 0. The molecule has 0 atom stereocenters. The minimum absolute atomic E-state index is 0.0334. The minimum atomic E-state index is -2.38. The summed E-state index contributed by atoms with van der Waals surface area (Å²) in [5.74, 6) is 0. The van der Waals surface area contributed by atoms with Gasteiger partial charge in [-0.05, 0) is 175 Å². The van der Waals surface area contributed by atoms with Gasteiger partial charge in [-0.3, -0.25) is 0 Å². The first-order valence-corrected chi connectivity index (χ1v) is 24.4. The lowest BCUT2D eigenvalue weighted by atomic mass is 9.33. The fourth-order valence-corrected chi connectivity index (χ4v) is 12.8. The molecule has 332 valence electrons. The molecule has 2 nitrogen and oxygen atoms in total. The average molecular weight is 866 g/mol. The molecule has 7 aromatic carbocycles. The predicted octanol–water partition coefficient (Wildman–Crippen LogP) is 15.3. The van der Waals surface area contributed by atoms with Crippen molar-refractivity contribution in [1.29, 1.82) is 0 Å². The van der Waals surface area contributed by atoms with Crippen molar-refractivity contribution >= 4 is 57.2 Å². The molecule has 3 heteroatoms. The van der Waals surface area contributed by atoms with Gasteiger partial charge in [0.25, 0.3) is 6.71 Å². The van der Waals surface area contributed by atoms with Gasteiger partial charge in [0.05, 0.1) is 5.69 Å². The summed E-state index contributed by atoms with van der Waals surface area (Å²) in [6, 6.07) is 49.5. The topological polar surface area (TPSA) is 6.48 Å². The summed E-state index contributed by atoms with van der Waals surface area (Å²) in [5, 5.41) is 0. The molecule has 4 aliphatic rings. The fraction of sp³-hybridized carbons (Fsp3) is 0.333. The van der Waals surface area contributed by atoms with Crippen LogP contribution in [0.3, 0.4) is 0 Å². The van der Waals surface area contributed by atoms with Crippen LogP contribution >= 0.6 is 0 Å². The van der Waals surface area contributed by atoms with E-state index >= 15 is 0 Å². The van der Waals surface area contributed by atoms with E-state index in [1.807, 2.05) is 12.1 Å². The molecule has 2 heterocycles. The van der Waals surface area contributed by atoms with Gasteiger partial charge < -0.3 is 9.80 Å². The van der Waals surface area contributed by atoms with E-state index in [4.69, 9.17) is 0 Å². The number of anilines is 6. The first kappa shape index (κ1) is 39.4. The van der Waals surface area contributed by atoms with Gasteiger partial charge in [-0.1, -0.05) is 167 Å². The van der Waals surface area contributed by atoms with Gasteiger partial charge in [0.2, 0.25) is 0 Å². The molecule has 0 amide bonds. The Bertz CT molecular complexity index is 3240. The first-order chi connectivity index (χ1) is 32.4. The maximum Gasteiger partial charge on any atom is 0.252 e. The molecule has 0 saturated carbocycles. The lowest BCUT2D eigenvalue weighted by Crippen LogP contribution is -2.61. The van der Waals surface area contributed by atoms with Crippen LogP contribution in [0.1, 0.15) is 138 Å². The Hall–Kier alpha value is -5.80. The summed E-state index contributed by atoms with van der Waals surface area (Å²) in [6.45, 7) is 25.8. The molecule has 0 fully saturated rings. The van der Waals surface area contributed by atoms with Crippen molar-refractivity contribution in [3.8, 4) is 22.3 Å². The number of hydrogen-bond donors (Lipinski definition) is 0. The summed E-state index contributed by atoms with van der Waals surface area (Å²) in [4.78, 5) is 4.92. The molecule has 0 radical (unpaired) electrons. The third kappa shape index (κ3) is 6.50. The smallest absolute Gasteiger partial charge is 0.252 e. The number of rotatable bonds is 4. The van der Waals surface area contributed by atoms with Crippen LogP contribution in [0, 0.1) is 13.8 Å². The van der Waals surface area contributed by atoms with E-state index in [-0.39, 0.29) is 33.8 Å². The highest BCUT2D eigenvalue weighted by Crippen LogP contribution is 2.55. The third-order valence-corrected chi connectivity index (χ3v) is 16.3. The average Bonchev–Trinajstić information content (AvgIpc) is 3.48. The molecule has 0 spiro atoms. The quantitative estimate of drug-likeness (QED) is 0.163. The molecule has 0 bridgehead atoms. The molecule has 2 aliphatic carbocycles. The molecular formula is C63H67BN2. The van der Waals surface area contributed by atoms with Gasteiger partial charge in [0, 0.05) is 38.1 Å². The molecule has 11 rings (SSSR count). The molecule has 7 aromatic rings. The number of aryl methyl sites for hydroxylation is 2. The van der Waals surface area contributed by atoms with E-state index in [1.165, 1.54) is 44.3 Å². The number of fused-ring (bicyclic) bond motifs is 6. The maximum atomic E-state index is 9.24. The van der Waals surface area contributed by atoms with E-state index in [0.29, 0.717) is 5.56 Å². The lowest BCUT2D eigenvalue weighted by molar-refractivity contribution is 0.332. The summed E-state index contributed by atoms with van der Waals surface area (Å²) in [6.07, 6.45) is 3.26. The molecule has 66 heavy (non-hydrogen) atoms. The monoisotopic (exact) mass is 866 g/mol.